The number of aryl methyl sites for hydroxylation is 1. The van der Waals surface area contributed by atoms with Crippen LogP contribution in [-0.2, 0) is 16.4 Å². The van der Waals surface area contributed by atoms with Gasteiger partial charge in [-0.05, 0) is 32.2 Å². The van der Waals surface area contributed by atoms with Crippen molar-refractivity contribution in [3.05, 3.63) is 34.3 Å². The summed E-state index contributed by atoms with van der Waals surface area (Å²) in [7, 11) is -2.17. The van der Waals surface area contributed by atoms with Gasteiger partial charge in [-0.1, -0.05) is 0 Å². The van der Waals surface area contributed by atoms with Crippen LogP contribution in [0.3, 0.4) is 0 Å². The molecule has 2 aromatic rings. The minimum atomic E-state index is -3.55. The van der Waals surface area contributed by atoms with Crippen molar-refractivity contribution in [1.82, 2.24) is 9.71 Å². The molecule has 0 aliphatic heterocycles. The van der Waals surface area contributed by atoms with Crippen LogP contribution in [0.15, 0.2) is 28.5 Å². The maximum Gasteiger partial charge on any atom is 0.242 e. The molecular weight excluding hydrogens is 308 g/mol. The molecule has 6 nitrogen and oxygen atoms in total. The Balaban J connectivity index is 2.13. The van der Waals surface area contributed by atoms with Crippen LogP contribution in [0.2, 0.25) is 0 Å². The first-order valence-corrected chi connectivity index (χ1v) is 8.76. The normalized spacial score (nSPS) is 11.5. The summed E-state index contributed by atoms with van der Waals surface area (Å²) >= 11 is 1.60. The highest BCUT2D eigenvalue weighted by Gasteiger charge is 2.16. The summed E-state index contributed by atoms with van der Waals surface area (Å²) < 4.78 is 26.3. The van der Waals surface area contributed by atoms with Crippen LogP contribution in [0.1, 0.15) is 10.7 Å². The fourth-order valence-electron chi connectivity index (χ4n) is 1.87. The molecular formula is C13H18N4O2S2. The molecule has 21 heavy (non-hydrogen) atoms. The van der Waals surface area contributed by atoms with Gasteiger partial charge in [0, 0.05) is 24.0 Å². The van der Waals surface area contributed by atoms with Crippen LogP contribution in [0.5, 0.6) is 0 Å². The van der Waals surface area contributed by atoms with Crippen LogP contribution in [0.4, 0.5) is 11.4 Å². The number of hydrogen-bond donors (Lipinski definition) is 3. The van der Waals surface area contributed by atoms with E-state index in [-0.39, 0.29) is 4.90 Å². The Bertz CT molecular complexity index is 726. The van der Waals surface area contributed by atoms with Crippen molar-refractivity contribution in [1.29, 1.82) is 0 Å². The molecule has 0 atom stereocenters. The third kappa shape index (κ3) is 3.93. The molecule has 0 aliphatic carbocycles. The van der Waals surface area contributed by atoms with E-state index < -0.39 is 10.0 Å². The first-order valence-electron chi connectivity index (χ1n) is 6.40. The molecule has 8 heteroatoms. The van der Waals surface area contributed by atoms with Gasteiger partial charge >= 0.3 is 0 Å². The van der Waals surface area contributed by atoms with E-state index in [0.29, 0.717) is 17.9 Å². The molecule has 0 radical (unpaired) electrons. The molecule has 4 N–H and O–H groups in total. The fourth-order valence-corrected chi connectivity index (χ4v) is 3.45. The Morgan fingerprint density at radius 1 is 1.38 bits per heavy atom. The van der Waals surface area contributed by atoms with E-state index in [2.05, 4.69) is 15.0 Å². The van der Waals surface area contributed by atoms with Crippen molar-refractivity contribution in [2.24, 2.45) is 0 Å². The zero-order chi connectivity index (χ0) is 15.5. The maximum atomic E-state index is 12.0. The Kier molecular flexibility index (Phi) is 4.81. The molecule has 0 saturated carbocycles. The minimum absolute atomic E-state index is 0.152. The van der Waals surface area contributed by atoms with Crippen LogP contribution in [-0.4, -0.2) is 27.0 Å². The van der Waals surface area contributed by atoms with Crippen LogP contribution in [0.25, 0.3) is 0 Å². The number of sulfonamides is 1. The van der Waals surface area contributed by atoms with E-state index >= 15 is 0 Å². The molecule has 0 bridgehead atoms. The minimum Gasteiger partial charge on any atom is -0.399 e. The lowest BCUT2D eigenvalue weighted by atomic mass is 10.2. The topological polar surface area (TPSA) is 97.1 Å². The number of anilines is 2. The predicted molar refractivity (Wildman–Crippen MR) is 86.1 cm³/mol. The van der Waals surface area contributed by atoms with Gasteiger partial charge in [0.05, 0.1) is 16.4 Å². The van der Waals surface area contributed by atoms with Gasteiger partial charge in [0.1, 0.15) is 4.90 Å². The first kappa shape index (κ1) is 15.7. The van der Waals surface area contributed by atoms with Crippen LogP contribution < -0.4 is 15.8 Å². The van der Waals surface area contributed by atoms with Gasteiger partial charge in [0.2, 0.25) is 10.0 Å². The van der Waals surface area contributed by atoms with Crippen molar-refractivity contribution in [2.75, 3.05) is 24.6 Å². The molecule has 0 unspecified atom stereocenters. The van der Waals surface area contributed by atoms with E-state index in [1.54, 1.807) is 23.5 Å². The Morgan fingerprint density at radius 3 is 2.76 bits per heavy atom. The number of aromatic nitrogens is 1. The van der Waals surface area contributed by atoms with Crippen molar-refractivity contribution >= 4 is 32.7 Å². The molecule has 0 amide bonds. The SMILES string of the molecule is CNS(=O)(=O)c1cc(N)ccc1NCCc1csc(C)n1. The summed E-state index contributed by atoms with van der Waals surface area (Å²) in [6, 6.07) is 4.79. The second-order valence-corrected chi connectivity index (χ2v) is 7.41. The largest absolute Gasteiger partial charge is 0.399 e. The monoisotopic (exact) mass is 326 g/mol. The lowest BCUT2D eigenvalue weighted by Gasteiger charge is -2.12. The quantitative estimate of drug-likeness (QED) is 0.701. The molecule has 0 saturated heterocycles. The fraction of sp³-hybridized carbons (Fsp3) is 0.308. The smallest absolute Gasteiger partial charge is 0.242 e. The predicted octanol–water partition coefficient (Wildman–Crippen LogP) is 1.60. The highest BCUT2D eigenvalue weighted by Crippen LogP contribution is 2.23. The van der Waals surface area contributed by atoms with Crippen LogP contribution in [0, 0.1) is 6.92 Å². The number of hydrogen-bond acceptors (Lipinski definition) is 6. The van der Waals surface area contributed by atoms with E-state index in [1.807, 2.05) is 12.3 Å². The van der Waals surface area contributed by atoms with Crippen molar-refractivity contribution < 1.29 is 8.42 Å². The van der Waals surface area contributed by atoms with Crippen LogP contribution >= 0.6 is 11.3 Å². The number of rotatable bonds is 6. The standard InChI is InChI=1S/C13H18N4O2S2/c1-9-17-11(8-20-9)5-6-16-12-4-3-10(14)7-13(12)21(18,19)15-2/h3-4,7-8,15-16H,5-6,14H2,1-2H3. The molecule has 114 valence electrons. The zero-order valence-corrected chi connectivity index (χ0v) is 13.5. The molecule has 0 aliphatic rings. The molecule has 1 heterocycles. The van der Waals surface area contributed by atoms with Gasteiger partial charge < -0.3 is 11.1 Å². The zero-order valence-electron chi connectivity index (χ0n) is 11.9. The van der Waals surface area contributed by atoms with Crippen molar-refractivity contribution in [2.45, 2.75) is 18.2 Å². The van der Waals surface area contributed by atoms with Crippen molar-refractivity contribution in [3.63, 3.8) is 0 Å². The summed E-state index contributed by atoms with van der Waals surface area (Å²) in [5, 5.41) is 6.16. The number of nitrogens with two attached hydrogens (primary N) is 1. The summed E-state index contributed by atoms with van der Waals surface area (Å²) in [4.78, 5) is 4.52. The van der Waals surface area contributed by atoms with E-state index in [1.165, 1.54) is 13.1 Å². The highest BCUT2D eigenvalue weighted by molar-refractivity contribution is 7.89. The Morgan fingerprint density at radius 2 is 2.14 bits per heavy atom. The number of nitrogens with zero attached hydrogens (tertiary/aromatic N) is 1. The average Bonchev–Trinajstić information content (AvgIpc) is 2.86. The summed E-state index contributed by atoms with van der Waals surface area (Å²) in [5.41, 5.74) is 7.61. The number of thiazole rings is 1. The third-order valence-electron chi connectivity index (χ3n) is 2.93. The number of benzene rings is 1. The average molecular weight is 326 g/mol. The summed E-state index contributed by atoms with van der Waals surface area (Å²) in [5.74, 6) is 0. The summed E-state index contributed by atoms with van der Waals surface area (Å²) in [6.07, 6.45) is 0.730. The summed E-state index contributed by atoms with van der Waals surface area (Å²) in [6.45, 7) is 2.55. The first-order chi connectivity index (χ1) is 9.92. The Labute approximate surface area is 128 Å². The Hall–Kier alpha value is -1.64. The molecule has 1 aromatic carbocycles. The number of nitrogens with one attached hydrogen (secondary N) is 2. The van der Waals surface area contributed by atoms with E-state index in [4.69, 9.17) is 5.73 Å². The lowest BCUT2D eigenvalue weighted by Crippen LogP contribution is -2.21. The highest BCUT2D eigenvalue weighted by atomic mass is 32.2. The second kappa shape index (κ2) is 6.42. The van der Waals surface area contributed by atoms with Gasteiger partial charge in [0.15, 0.2) is 0 Å². The second-order valence-electron chi connectivity index (χ2n) is 4.50. The van der Waals surface area contributed by atoms with Gasteiger partial charge in [-0.3, -0.25) is 0 Å². The van der Waals surface area contributed by atoms with Gasteiger partial charge in [-0.15, -0.1) is 11.3 Å². The lowest BCUT2D eigenvalue weighted by molar-refractivity contribution is 0.588. The third-order valence-corrected chi connectivity index (χ3v) is 5.20. The van der Waals surface area contributed by atoms with E-state index in [9.17, 15) is 8.42 Å². The van der Waals surface area contributed by atoms with Crippen molar-refractivity contribution in [3.8, 4) is 0 Å². The maximum absolute atomic E-state index is 12.0. The molecule has 1 aromatic heterocycles. The molecule has 2 rings (SSSR count). The van der Waals surface area contributed by atoms with E-state index in [0.717, 1.165) is 17.1 Å². The molecule has 0 spiro atoms. The molecule has 0 fully saturated rings. The van der Waals surface area contributed by atoms with Gasteiger partial charge in [-0.25, -0.2) is 18.1 Å². The number of nitrogen functional groups attached to an aromatic ring is 1. The van der Waals surface area contributed by atoms with Gasteiger partial charge in [-0.2, -0.15) is 0 Å². The van der Waals surface area contributed by atoms with Gasteiger partial charge in [0.25, 0.3) is 0 Å².